The Hall–Kier alpha value is -1.77. The lowest BCUT2D eigenvalue weighted by atomic mass is 9.99. The number of benzene rings is 1. The van der Waals surface area contributed by atoms with E-state index in [1.807, 2.05) is 13.1 Å². The van der Waals surface area contributed by atoms with E-state index in [0.29, 0.717) is 0 Å². The van der Waals surface area contributed by atoms with Crippen LogP contribution in [0, 0.1) is 5.92 Å². The lowest BCUT2D eigenvalue weighted by molar-refractivity contribution is -0.144. The Bertz CT molecular complexity index is 627. The first kappa shape index (κ1) is 12.3. The number of hydrogen-bond acceptors (Lipinski definition) is 2. The largest absolute Gasteiger partial charge is 0.469 e. The highest BCUT2D eigenvalue weighted by atomic mass is 16.5. The van der Waals surface area contributed by atoms with Crippen LogP contribution in [0.5, 0.6) is 0 Å². The summed E-state index contributed by atoms with van der Waals surface area (Å²) in [6, 6.07) is 4.57. The number of fused-ring (bicyclic) bond motifs is 2. The molecule has 0 saturated carbocycles. The Balaban J connectivity index is 1.94. The second kappa shape index (κ2) is 4.72. The van der Waals surface area contributed by atoms with Gasteiger partial charge in [-0.15, -0.1) is 0 Å². The molecule has 1 heterocycles. The molecule has 1 unspecified atom stereocenters. The Labute approximate surface area is 113 Å². The third-order valence-electron chi connectivity index (χ3n) is 4.11. The molecule has 0 bridgehead atoms. The summed E-state index contributed by atoms with van der Waals surface area (Å²) in [5.41, 5.74) is 5.34. The molecule has 3 nitrogen and oxygen atoms in total. The second-order valence-corrected chi connectivity index (χ2v) is 5.46. The molecule has 0 fully saturated rings. The number of aryl methyl sites for hydroxylation is 2. The van der Waals surface area contributed by atoms with Gasteiger partial charge in [0.15, 0.2) is 0 Å². The topological polar surface area (TPSA) is 42.1 Å². The summed E-state index contributed by atoms with van der Waals surface area (Å²) >= 11 is 0. The molecule has 0 radical (unpaired) electrons. The fraction of sp³-hybridized carbons (Fsp3) is 0.438. The average molecular weight is 257 g/mol. The van der Waals surface area contributed by atoms with Gasteiger partial charge in [-0.05, 0) is 54.5 Å². The van der Waals surface area contributed by atoms with E-state index in [1.165, 1.54) is 54.0 Å². The van der Waals surface area contributed by atoms with Crippen molar-refractivity contribution in [3.05, 3.63) is 35.0 Å². The van der Waals surface area contributed by atoms with Crippen molar-refractivity contribution in [2.24, 2.45) is 5.92 Å². The summed E-state index contributed by atoms with van der Waals surface area (Å²) in [6.45, 7) is 1.91. The summed E-state index contributed by atoms with van der Waals surface area (Å²) in [5.74, 6) is -0.243. The average Bonchev–Trinajstić information content (AvgIpc) is 3.02. The molecule has 1 aliphatic rings. The van der Waals surface area contributed by atoms with Gasteiger partial charge in [-0.3, -0.25) is 4.79 Å². The van der Waals surface area contributed by atoms with E-state index in [2.05, 4.69) is 17.1 Å². The van der Waals surface area contributed by atoms with Crippen LogP contribution < -0.4 is 0 Å². The Morgan fingerprint density at radius 1 is 1.37 bits per heavy atom. The van der Waals surface area contributed by atoms with Gasteiger partial charge in [0.05, 0.1) is 13.0 Å². The number of ether oxygens (including phenoxy) is 1. The van der Waals surface area contributed by atoms with Crippen LogP contribution in [0.15, 0.2) is 18.3 Å². The highest BCUT2D eigenvalue weighted by Gasteiger charge is 2.18. The van der Waals surface area contributed by atoms with Crippen molar-refractivity contribution in [1.82, 2.24) is 4.98 Å². The van der Waals surface area contributed by atoms with Gasteiger partial charge in [0.1, 0.15) is 0 Å². The van der Waals surface area contributed by atoms with Crippen molar-refractivity contribution in [1.29, 1.82) is 0 Å². The van der Waals surface area contributed by atoms with Crippen LogP contribution in [0.1, 0.15) is 30.0 Å². The van der Waals surface area contributed by atoms with Crippen LogP contribution in [0.2, 0.25) is 0 Å². The van der Waals surface area contributed by atoms with E-state index in [-0.39, 0.29) is 11.9 Å². The fourth-order valence-corrected chi connectivity index (χ4v) is 3.04. The Morgan fingerprint density at radius 2 is 2.11 bits per heavy atom. The maximum absolute atomic E-state index is 11.5. The molecule has 19 heavy (non-hydrogen) atoms. The lowest BCUT2D eigenvalue weighted by Gasteiger charge is -2.08. The molecule has 1 N–H and O–H groups in total. The van der Waals surface area contributed by atoms with Crippen LogP contribution >= 0.6 is 0 Å². The minimum Gasteiger partial charge on any atom is -0.469 e. The van der Waals surface area contributed by atoms with Gasteiger partial charge in [0, 0.05) is 17.1 Å². The minimum absolute atomic E-state index is 0.0998. The SMILES string of the molecule is COC(=O)C(C)Cc1c[nH]c2cc3c(cc12)CCC3. The van der Waals surface area contributed by atoms with Gasteiger partial charge >= 0.3 is 5.97 Å². The van der Waals surface area contributed by atoms with E-state index >= 15 is 0 Å². The van der Waals surface area contributed by atoms with Crippen LogP contribution in [-0.2, 0) is 28.8 Å². The Morgan fingerprint density at radius 3 is 2.84 bits per heavy atom. The van der Waals surface area contributed by atoms with Crippen LogP contribution in [-0.4, -0.2) is 18.1 Å². The molecule has 100 valence electrons. The maximum Gasteiger partial charge on any atom is 0.308 e. The van der Waals surface area contributed by atoms with E-state index < -0.39 is 0 Å². The summed E-state index contributed by atoms with van der Waals surface area (Å²) in [5, 5.41) is 1.26. The van der Waals surface area contributed by atoms with Crippen molar-refractivity contribution >= 4 is 16.9 Å². The first-order valence-electron chi connectivity index (χ1n) is 6.88. The maximum atomic E-state index is 11.5. The van der Waals surface area contributed by atoms with E-state index in [9.17, 15) is 4.79 Å². The van der Waals surface area contributed by atoms with Crippen molar-refractivity contribution in [2.75, 3.05) is 7.11 Å². The number of aromatic amines is 1. The van der Waals surface area contributed by atoms with Crippen molar-refractivity contribution in [2.45, 2.75) is 32.6 Å². The van der Waals surface area contributed by atoms with E-state index in [1.54, 1.807) is 0 Å². The molecule has 0 spiro atoms. The number of methoxy groups -OCH3 is 1. The van der Waals surface area contributed by atoms with Crippen molar-refractivity contribution in [3.8, 4) is 0 Å². The van der Waals surface area contributed by atoms with Crippen LogP contribution in [0.3, 0.4) is 0 Å². The highest BCUT2D eigenvalue weighted by molar-refractivity contribution is 5.85. The van der Waals surface area contributed by atoms with Crippen molar-refractivity contribution in [3.63, 3.8) is 0 Å². The molecule has 1 aromatic heterocycles. The fourth-order valence-electron chi connectivity index (χ4n) is 3.04. The minimum atomic E-state index is -0.143. The number of carbonyl (C=O) groups excluding carboxylic acids is 1. The second-order valence-electron chi connectivity index (χ2n) is 5.46. The quantitative estimate of drug-likeness (QED) is 0.859. The predicted molar refractivity (Wildman–Crippen MR) is 75.2 cm³/mol. The molecule has 3 heteroatoms. The third-order valence-corrected chi connectivity index (χ3v) is 4.11. The smallest absolute Gasteiger partial charge is 0.308 e. The molecular weight excluding hydrogens is 238 g/mol. The number of esters is 1. The third kappa shape index (κ3) is 2.14. The lowest BCUT2D eigenvalue weighted by Crippen LogP contribution is -2.14. The van der Waals surface area contributed by atoms with Gasteiger partial charge in [0.25, 0.3) is 0 Å². The monoisotopic (exact) mass is 257 g/mol. The van der Waals surface area contributed by atoms with Crippen LogP contribution in [0.25, 0.3) is 10.9 Å². The number of aromatic nitrogens is 1. The summed E-state index contributed by atoms with van der Waals surface area (Å²) in [6.07, 6.45) is 6.39. The van der Waals surface area contributed by atoms with Gasteiger partial charge in [-0.2, -0.15) is 0 Å². The number of hydrogen-bond donors (Lipinski definition) is 1. The summed E-state index contributed by atoms with van der Waals surface area (Å²) in [4.78, 5) is 14.9. The summed E-state index contributed by atoms with van der Waals surface area (Å²) in [7, 11) is 1.45. The van der Waals surface area contributed by atoms with E-state index in [0.717, 1.165) is 6.42 Å². The van der Waals surface area contributed by atoms with E-state index in [4.69, 9.17) is 4.74 Å². The van der Waals surface area contributed by atoms with Gasteiger partial charge in [-0.25, -0.2) is 0 Å². The molecule has 0 aliphatic heterocycles. The zero-order valence-electron chi connectivity index (χ0n) is 11.5. The number of rotatable bonds is 3. The zero-order chi connectivity index (χ0) is 13.4. The summed E-state index contributed by atoms with van der Waals surface area (Å²) < 4.78 is 4.80. The van der Waals surface area contributed by atoms with Crippen LogP contribution in [0.4, 0.5) is 0 Å². The normalized spacial score (nSPS) is 15.5. The Kier molecular flexibility index (Phi) is 3.05. The standard InChI is InChI=1S/C16H19NO2/c1-10(16(18)19-2)6-13-9-17-15-8-12-5-3-4-11(12)7-14(13)15/h7-10,17H,3-6H2,1-2H3. The molecule has 3 rings (SSSR count). The van der Waals surface area contributed by atoms with Gasteiger partial charge in [-0.1, -0.05) is 6.92 Å². The predicted octanol–water partition coefficient (Wildman–Crippen LogP) is 3.01. The molecular formula is C16H19NO2. The van der Waals surface area contributed by atoms with Crippen molar-refractivity contribution < 1.29 is 9.53 Å². The highest BCUT2D eigenvalue weighted by Crippen LogP contribution is 2.29. The molecule has 0 saturated heterocycles. The number of H-pyrrole nitrogens is 1. The molecule has 1 atom stereocenters. The molecule has 1 aliphatic carbocycles. The zero-order valence-corrected chi connectivity index (χ0v) is 11.5. The number of nitrogens with one attached hydrogen (secondary N) is 1. The molecule has 1 aromatic carbocycles. The first-order valence-corrected chi connectivity index (χ1v) is 6.88. The first-order chi connectivity index (χ1) is 9.19. The van der Waals surface area contributed by atoms with Gasteiger partial charge < -0.3 is 9.72 Å². The molecule has 0 amide bonds. The van der Waals surface area contributed by atoms with Gasteiger partial charge in [0.2, 0.25) is 0 Å². The number of carbonyl (C=O) groups is 1. The molecule has 2 aromatic rings.